The molecule has 0 radical (unpaired) electrons. The molecule has 0 bridgehead atoms. The number of rotatable bonds is 4. The maximum absolute atomic E-state index is 11.8. The zero-order chi connectivity index (χ0) is 16.7. The Morgan fingerprint density at radius 1 is 1.27 bits per heavy atom. The van der Waals surface area contributed by atoms with Gasteiger partial charge in [0.15, 0.2) is 5.75 Å². The van der Waals surface area contributed by atoms with Crippen LogP contribution in [0, 0.1) is 10.1 Å². The summed E-state index contributed by atoms with van der Waals surface area (Å²) >= 11 is 0. The van der Waals surface area contributed by atoms with Crippen LogP contribution >= 0.6 is 0 Å². The minimum Gasteiger partial charge on any atom is -0.490 e. The van der Waals surface area contributed by atoms with Crippen molar-refractivity contribution in [1.82, 2.24) is 10.9 Å². The van der Waals surface area contributed by atoms with Crippen molar-refractivity contribution in [2.24, 2.45) is 0 Å². The van der Waals surface area contributed by atoms with Crippen LogP contribution in [0.2, 0.25) is 0 Å². The SMILES string of the molecule is CCOC(=O)C(=O)NNC(=O)c1ccc([N+](=O)[O-])c(OC)c1. The van der Waals surface area contributed by atoms with Gasteiger partial charge in [-0.05, 0) is 13.0 Å². The van der Waals surface area contributed by atoms with E-state index < -0.39 is 22.7 Å². The van der Waals surface area contributed by atoms with Gasteiger partial charge in [0.25, 0.3) is 5.91 Å². The first-order valence-electron chi connectivity index (χ1n) is 6.00. The Labute approximate surface area is 124 Å². The minimum atomic E-state index is -1.15. The summed E-state index contributed by atoms with van der Waals surface area (Å²) in [4.78, 5) is 44.1. The summed E-state index contributed by atoms with van der Waals surface area (Å²) in [5.41, 5.74) is 3.51. The predicted molar refractivity (Wildman–Crippen MR) is 71.9 cm³/mol. The van der Waals surface area contributed by atoms with Crippen LogP contribution in [0.5, 0.6) is 5.75 Å². The molecule has 0 heterocycles. The van der Waals surface area contributed by atoms with Gasteiger partial charge in [0.2, 0.25) is 0 Å². The normalized spacial score (nSPS) is 9.55. The van der Waals surface area contributed by atoms with E-state index in [0.29, 0.717) is 0 Å². The first-order valence-corrected chi connectivity index (χ1v) is 6.00. The van der Waals surface area contributed by atoms with Gasteiger partial charge in [0, 0.05) is 17.7 Å². The number of carbonyl (C=O) groups is 3. The maximum atomic E-state index is 11.8. The van der Waals surface area contributed by atoms with E-state index in [1.54, 1.807) is 0 Å². The van der Waals surface area contributed by atoms with Crippen molar-refractivity contribution in [2.75, 3.05) is 13.7 Å². The lowest BCUT2D eigenvalue weighted by Gasteiger charge is -2.08. The fraction of sp³-hybridized carbons (Fsp3) is 0.250. The highest BCUT2D eigenvalue weighted by molar-refractivity contribution is 6.32. The Bertz CT molecular complexity index is 615. The van der Waals surface area contributed by atoms with Crippen molar-refractivity contribution in [3.8, 4) is 5.75 Å². The zero-order valence-electron chi connectivity index (χ0n) is 11.7. The molecule has 0 spiro atoms. The number of esters is 1. The van der Waals surface area contributed by atoms with Crippen molar-refractivity contribution in [2.45, 2.75) is 6.92 Å². The topological polar surface area (TPSA) is 137 Å². The number of methoxy groups -OCH3 is 1. The van der Waals surface area contributed by atoms with E-state index in [1.807, 2.05) is 10.9 Å². The fourth-order valence-corrected chi connectivity index (χ4v) is 1.40. The molecule has 0 aliphatic heterocycles. The molecular formula is C12H13N3O7. The largest absolute Gasteiger partial charge is 0.490 e. The molecule has 10 nitrogen and oxygen atoms in total. The van der Waals surface area contributed by atoms with E-state index in [9.17, 15) is 24.5 Å². The van der Waals surface area contributed by atoms with Crippen molar-refractivity contribution in [3.05, 3.63) is 33.9 Å². The molecule has 2 N–H and O–H groups in total. The van der Waals surface area contributed by atoms with Gasteiger partial charge < -0.3 is 9.47 Å². The van der Waals surface area contributed by atoms with Crippen LogP contribution in [0.3, 0.4) is 0 Å². The molecule has 0 fully saturated rings. The average molecular weight is 311 g/mol. The van der Waals surface area contributed by atoms with Crippen LogP contribution in [-0.4, -0.2) is 36.4 Å². The number of amides is 2. The number of nitro benzene ring substituents is 1. The van der Waals surface area contributed by atoms with Crippen LogP contribution in [0.15, 0.2) is 18.2 Å². The monoisotopic (exact) mass is 311 g/mol. The van der Waals surface area contributed by atoms with Gasteiger partial charge in [-0.15, -0.1) is 0 Å². The van der Waals surface area contributed by atoms with Gasteiger partial charge in [-0.3, -0.25) is 30.6 Å². The average Bonchev–Trinajstić information content (AvgIpc) is 2.51. The zero-order valence-corrected chi connectivity index (χ0v) is 11.7. The molecule has 2 amide bonds. The summed E-state index contributed by atoms with van der Waals surface area (Å²) < 4.78 is 9.23. The number of hydrogen-bond acceptors (Lipinski definition) is 7. The van der Waals surface area contributed by atoms with Crippen molar-refractivity contribution < 1.29 is 28.8 Å². The highest BCUT2D eigenvalue weighted by atomic mass is 16.6. The Hall–Kier alpha value is -3.17. The van der Waals surface area contributed by atoms with Gasteiger partial charge in [0.1, 0.15) is 0 Å². The third-order valence-corrected chi connectivity index (χ3v) is 2.39. The lowest BCUT2D eigenvalue weighted by atomic mass is 10.2. The molecule has 22 heavy (non-hydrogen) atoms. The first kappa shape index (κ1) is 16.9. The highest BCUT2D eigenvalue weighted by Crippen LogP contribution is 2.27. The second-order valence-electron chi connectivity index (χ2n) is 3.77. The molecular weight excluding hydrogens is 298 g/mol. The van der Waals surface area contributed by atoms with Crippen LogP contribution in [0.4, 0.5) is 5.69 Å². The number of nitro groups is 1. The molecule has 0 atom stereocenters. The van der Waals surface area contributed by atoms with Crippen molar-refractivity contribution in [3.63, 3.8) is 0 Å². The van der Waals surface area contributed by atoms with E-state index in [-0.39, 0.29) is 23.6 Å². The Balaban J connectivity index is 2.76. The highest BCUT2D eigenvalue weighted by Gasteiger charge is 2.19. The van der Waals surface area contributed by atoms with Gasteiger partial charge in [-0.1, -0.05) is 0 Å². The van der Waals surface area contributed by atoms with E-state index in [4.69, 9.17) is 4.74 Å². The molecule has 0 saturated carbocycles. The summed E-state index contributed by atoms with van der Waals surface area (Å²) in [7, 11) is 1.21. The molecule has 118 valence electrons. The predicted octanol–water partition coefficient (Wildman–Crippen LogP) is -0.0725. The number of ether oxygens (including phenoxy) is 2. The van der Waals surface area contributed by atoms with Crippen molar-refractivity contribution >= 4 is 23.5 Å². The summed E-state index contributed by atoms with van der Waals surface area (Å²) in [5, 5.41) is 10.7. The molecule has 1 rings (SSSR count). The summed E-state index contributed by atoms with van der Waals surface area (Å²) in [5.74, 6) is -3.20. The first-order chi connectivity index (χ1) is 10.4. The van der Waals surface area contributed by atoms with Crippen LogP contribution in [-0.2, 0) is 14.3 Å². The van der Waals surface area contributed by atoms with Gasteiger partial charge in [-0.2, -0.15) is 0 Å². The van der Waals surface area contributed by atoms with Gasteiger partial charge in [0.05, 0.1) is 18.6 Å². The molecule has 0 unspecified atom stereocenters. The molecule has 1 aromatic rings. The van der Waals surface area contributed by atoms with Gasteiger partial charge >= 0.3 is 17.6 Å². The molecule has 0 aliphatic rings. The van der Waals surface area contributed by atoms with Crippen LogP contribution < -0.4 is 15.6 Å². The number of carbonyl (C=O) groups excluding carboxylic acids is 3. The summed E-state index contributed by atoms with van der Waals surface area (Å²) in [6.45, 7) is 1.53. The second kappa shape index (κ2) is 7.57. The minimum absolute atomic E-state index is 0.00777. The van der Waals surface area contributed by atoms with E-state index >= 15 is 0 Å². The number of benzene rings is 1. The number of hydrazine groups is 1. The van der Waals surface area contributed by atoms with E-state index in [2.05, 4.69) is 4.74 Å². The molecule has 1 aromatic carbocycles. The number of nitrogens with zero attached hydrogens (tertiary/aromatic N) is 1. The standard InChI is InChI=1S/C12H13N3O7/c1-3-22-12(18)11(17)14-13-10(16)7-4-5-8(15(19)20)9(6-7)21-2/h4-6H,3H2,1-2H3,(H,13,16)(H,14,17). The Kier molecular flexibility index (Phi) is 5.81. The number of nitrogens with one attached hydrogen (secondary N) is 2. The van der Waals surface area contributed by atoms with Crippen LogP contribution in [0.1, 0.15) is 17.3 Å². The molecule has 0 saturated heterocycles. The smallest absolute Gasteiger partial charge is 0.398 e. The third kappa shape index (κ3) is 4.16. The molecule has 0 aliphatic carbocycles. The Morgan fingerprint density at radius 3 is 2.50 bits per heavy atom. The second-order valence-corrected chi connectivity index (χ2v) is 3.77. The lowest BCUT2D eigenvalue weighted by Crippen LogP contribution is -2.45. The number of hydrogen-bond donors (Lipinski definition) is 2. The quantitative estimate of drug-likeness (QED) is 0.343. The van der Waals surface area contributed by atoms with Crippen LogP contribution in [0.25, 0.3) is 0 Å². The lowest BCUT2D eigenvalue weighted by molar-refractivity contribution is -0.385. The van der Waals surface area contributed by atoms with Gasteiger partial charge in [-0.25, -0.2) is 4.79 Å². The molecule has 0 aromatic heterocycles. The maximum Gasteiger partial charge on any atom is 0.398 e. The van der Waals surface area contributed by atoms with E-state index in [1.165, 1.54) is 20.1 Å². The summed E-state index contributed by atoms with van der Waals surface area (Å²) in [6.07, 6.45) is 0. The Morgan fingerprint density at radius 2 is 1.95 bits per heavy atom. The van der Waals surface area contributed by atoms with Crippen molar-refractivity contribution in [1.29, 1.82) is 0 Å². The van der Waals surface area contributed by atoms with E-state index in [0.717, 1.165) is 12.1 Å². The third-order valence-electron chi connectivity index (χ3n) is 2.39. The molecule has 10 heteroatoms. The fourth-order valence-electron chi connectivity index (χ4n) is 1.40. The summed E-state index contributed by atoms with van der Waals surface area (Å²) in [6, 6.07) is 3.39.